The molecular formula is C12H12BrNO2. The van der Waals surface area contributed by atoms with Gasteiger partial charge in [0.25, 0.3) is 0 Å². The van der Waals surface area contributed by atoms with E-state index >= 15 is 0 Å². The Hall–Kier alpha value is -1.13. The molecule has 2 rings (SSSR count). The summed E-state index contributed by atoms with van der Waals surface area (Å²) in [6.45, 7) is 1.99. The first-order valence-corrected chi connectivity index (χ1v) is 5.79. The van der Waals surface area contributed by atoms with Crippen LogP contribution in [0.25, 0.3) is 0 Å². The van der Waals surface area contributed by atoms with Crippen molar-refractivity contribution in [3.05, 3.63) is 52.1 Å². The molecule has 0 aliphatic rings. The molecule has 1 atom stereocenters. The molecule has 0 saturated heterocycles. The summed E-state index contributed by atoms with van der Waals surface area (Å²) < 4.78 is 5.67. The number of aryl methyl sites for hydroxylation is 1. The Kier molecular flexibility index (Phi) is 3.41. The van der Waals surface area contributed by atoms with Crippen molar-refractivity contribution in [1.82, 2.24) is 4.98 Å². The molecule has 1 unspecified atom stereocenters. The molecule has 4 heteroatoms. The van der Waals surface area contributed by atoms with Crippen LogP contribution in [0.3, 0.4) is 0 Å². The maximum Gasteiger partial charge on any atom is 0.174 e. The van der Waals surface area contributed by atoms with E-state index in [1.54, 1.807) is 18.5 Å². The van der Waals surface area contributed by atoms with Gasteiger partial charge in [0.2, 0.25) is 0 Å². The Morgan fingerprint density at radius 2 is 2.31 bits per heavy atom. The van der Waals surface area contributed by atoms with Gasteiger partial charge in [-0.05, 0) is 40.5 Å². The van der Waals surface area contributed by atoms with Crippen LogP contribution in [0.15, 0.2) is 39.7 Å². The van der Waals surface area contributed by atoms with Gasteiger partial charge in [0.15, 0.2) is 4.67 Å². The van der Waals surface area contributed by atoms with Gasteiger partial charge in [-0.15, -0.1) is 0 Å². The smallest absolute Gasteiger partial charge is 0.174 e. The number of pyridine rings is 1. The van der Waals surface area contributed by atoms with Gasteiger partial charge in [-0.2, -0.15) is 0 Å². The highest BCUT2D eigenvalue weighted by molar-refractivity contribution is 9.10. The summed E-state index contributed by atoms with van der Waals surface area (Å²) in [5.74, 6) is 0. The first kappa shape index (κ1) is 11.4. The number of furan rings is 1. The van der Waals surface area contributed by atoms with E-state index in [-0.39, 0.29) is 0 Å². The maximum atomic E-state index is 10.0. The summed E-state index contributed by atoms with van der Waals surface area (Å²) in [5.41, 5.74) is 2.74. The SMILES string of the molecule is Cc1cccnc1CC(O)c1ccoc1Br. The van der Waals surface area contributed by atoms with E-state index < -0.39 is 6.10 Å². The number of hydrogen-bond donors (Lipinski definition) is 1. The molecule has 0 bridgehead atoms. The van der Waals surface area contributed by atoms with Crippen LogP contribution in [-0.2, 0) is 6.42 Å². The second kappa shape index (κ2) is 4.80. The number of aliphatic hydroxyl groups excluding tert-OH is 1. The van der Waals surface area contributed by atoms with Gasteiger partial charge in [-0.3, -0.25) is 4.98 Å². The van der Waals surface area contributed by atoms with E-state index in [1.807, 2.05) is 19.1 Å². The van der Waals surface area contributed by atoms with Crippen molar-refractivity contribution >= 4 is 15.9 Å². The van der Waals surface area contributed by atoms with Crippen molar-refractivity contribution in [3.63, 3.8) is 0 Å². The molecule has 0 aliphatic carbocycles. The highest BCUT2D eigenvalue weighted by Crippen LogP contribution is 2.27. The molecule has 0 aliphatic heterocycles. The lowest BCUT2D eigenvalue weighted by atomic mass is 10.1. The van der Waals surface area contributed by atoms with Crippen molar-refractivity contribution in [2.75, 3.05) is 0 Å². The molecule has 0 amide bonds. The van der Waals surface area contributed by atoms with Crippen molar-refractivity contribution in [3.8, 4) is 0 Å². The first-order valence-electron chi connectivity index (χ1n) is 5.00. The van der Waals surface area contributed by atoms with Crippen LogP contribution >= 0.6 is 15.9 Å². The van der Waals surface area contributed by atoms with Crippen molar-refractivity contribution in [2.45, 2.75) is 19.4 Å². The van der Waals surface area contributed by atoms with Crippen LogP contribution in [-0.4, -0.2) is 10.1 Å². The lowest BCUT2D eigenvalue weighted by Gasteiger charge is -2.10. The third-order valence-corrected chi connectivity index (χ3v) is 3.15. The third-order valence-electron chi connectivity index (χ3n) is 2.51. The van der Waals surface area contributed by atoms with Crippen LogP contribution in [0.5, 0.6) is 0 Å². The van der Waals surface area contributed by atoms with Crippen LogP contribution in [0.1, 0.15) is 22.9 Å². The second-order valence-corrected chi connectivity index (χ2v) is 4.36. The third kappa shape index (κ3) is 2.33. The van der Waals surface area contributed by atoms with E-state index in [2.05, 4.69) is 20.9 Å². The summed E-state index contributed by atoms with van der Waals surface area (Å²) in [4.78, 5) is 4.25. The zero-order valence-electron chi connectivity index (χ0n) is 8.85. The number of rotatable bonds is 3. The summed E-state index contributed by atoms with van der Waals surface area (Å²) in [6, 6.07) is 5.63. The van der Waals surface area contributed by atoms with Gasteiger partial charge in [-0.1, -0.05) is 6.07 Å². The molecule has 2 heterocycles. The Morgan fingerprint density at radius 3 is 2.94 bits per heavy atom. The molecule has 16 heavy (non-hydrogen) atoms. The number of halogens is 1. The van der Waals surface area contributed by atoms with Crippen LogP contribution in [0.2, 0.25) is 0 Å². The molecule has 2 aromatic rings. The Bertz CT molecular complexity index is 481. The minimum Gasteiger partial charge on any atom is -0.457 e. The van der Waals surface area contributed by atoms with Gasteiger partial charge in [0, 0.05) is 23.9 Å². The molecule has 0 fully saturated rings. The van der Waals surface area contributed by atoms with Crippen LogP contribution in [0.4, 0.5) is 0 Å². The van der Waals surface area contributed by atoms with E-state index in [1.165, 1.54) is 0 Å². The fourth-order valence-corrected chi connectivity index (χ4v) is 2.07. The van der Waals surface area contributed by atoms with E-state index in [9.17, 15) is 5.11 Å². The van der Waals surface area contributed by atoms with Gasteiger partial charge in [0.05, 0.1) is 12.4 Å². The second-order valence-electron chi connectivity index (χ2n) is 3.64. The molecule has 3 nitrogen and oxygen atoms in total. The lowest BCUT2D eigenvalue weighted by molar-refractivity contribution is 0.175. The number of hydrogen-bond acceptors (Lipinski definition) is 3. The highest BCUT2D eigenvalue weighted by Gasteiger charge is 2.15. The fourth-order valence-electron chi connectivity index (χ4n) is 1.57. The standard InChI is InChI=1S/C12H12BrNO2/c1-8-3-2-5-14-10(8)7-11(15)9-4-6-16-12(9)13/h2-6,11,15H,7H2,1H3. The summed E-state index contributed by atoms with van der Waals surface area (Å²) in [7, 11) is 0. The molecule has 0 spiro atoms. The maximum absolute atomic E-state index is 10.0. The zero-order chi connectivity index (χ0) is 11.5. The zero-order valence-corrected chi connectivity index (χ0v) is 10.4. The van der Waals surface area contributed by atoms with Crippen molar-refractivity contribution in [2.24, 2.45) is 0 Å². The normalized spacial score (nSPS) is 12.7. The average Bonchev–Trinajstić information content (AvgIpc) is 2.68. The summed E-state index contributed by atoms with van der Waals surface area (Å²) in [6.07, 6.45) is 3.18. The van der Waals surface area contributed by atoms with E-state index in [4.69, 9.17) is 4.42 Å². The van der Waals surface area contributed by atoms with E-state index in [0.717, 1.165) is 16.8 Å². The molecule has 1 N–H and O–H groups in total. The predicted molar refractivity (Wildman–Crippen MR) is 64.0 cm³/mol. The van der Waals surface area contributed by atoms with E-state index in [0.29, 0.717) is 11.1 Å². The van der Waals surface area contributed by atoms with Crippen LogP contribution in [0, 0.1) is 6.92 Å². The van der Waals surface area contributed by atoms with Gasteiger partial charge >= 0.3 is 0 Å². The predicted octanol–water partition coefficient (Wildman–Crippen LogP) is 3.02. The first-order chi connectivity index (χ1) is 7.68. The Labute approximate surface area is 102 Å². The van der Waals surface area contributed by atoms with Crippen molar-refractivity contribution < 1.29 is 9.52 Å². The molecular weight excluding hydrogens is 270 g/mol. The molecule has 2 aromatic heterocycles. The fraction of sp³-hybridized carbons (Fsp3) is 0.250. The van der Waals surface area contributed by atoms with Gasteiger partial charge < -0.3 is 9.52 Å². The molecule has 0 radical (unpaired) electrons. The van der Waals surface area contributed by atoms with Gasteiger partial charge in [-0.25, -0.2) is 0 Å². The minimum absolute atomic E-state index is 0.491. The molecule has 0 aromatic carbocycles. The number of nitrogens with zero attached hydrogens (tertiary/aromatic N) is 1. The molecule has 84 valence electrons. The Balaban J connectivity index is 2.17. The number of aromatic nitrogens is 1. The monoisotopic (exact) mass is 281 g/mol. The highest BCUT2D eigenvalue weighted by atomic mass is 79.9. The summed E-state index contributed by atoms with van der Waals surface area (Å²) >= 11 is 3.25. The Morgan fingerprint density at radius 1 is 1.50 bits per heavy atom. The minimum atomic E-state index is -0.596. The molecule has 0 saturated carbocycles. The topological polar surface area (TPSA) is 46.3 Å². The largest absolute Gasteiger partial charge is 0.457 e. The van der Waals surface area contributed by atoms with Crippen LogP contribution < -0.4 is 0 Å². The average molecular weight is 282 g/mol. The van der Waals surface area contributed by atoms with Crippen molar-refractivity contribution in [1.29, 1.82) is 0 Å². The number of aliphatic hydroxyl groups is 1. The van der Waals surface area contributed by atoms with Gasteiger partial charge in [0.1, 0.15) is 0 Å². The summed E-state index contributed by atoms with van der Waals surface area (Å²) in [5, 5.41) is 10.0. The lowest BCUT2D eigenvalue weighted by Crippen LogP contribution is -2.04. The quantitative estimate of drug-likeness (QED) is 0.941.